The number of hydrogen-bond acceptors (Lipinski definition) is 5. The number of hydrogen-bond donors (Lipinski definition) is 3. The molecule has 1 heterocycles. The Morgan fingerprint density at radius 2 is 1.93 bits per heavy atom. The van der Waals surface area contributed by atoms with Crippen LogP contribution in [-0.4, -0.2) is 84.4 Å². The topological polar surface area (TPSA) is 119 Å². The summed E-state index contributed by atoms with van der Waals surface area (Å²) in [6.07, 6.45) is 0.973. The molecule has 0 spiro atoms. The summed E-state index contributed by atoms with van der Waals surface area (Å²) in [6.45, 7) is 4.98. The van der Waals surface area contributed by atoms with E-state index in [0.717, 1.165) is 25.3 Å². The zero-order chi connectivity index (χ0) is 20.4. The summed E-state index contributed by atoms with van der Waals surface area (Å²) in [5.74, 6) is -2.76. The zero-order valence-electron chi connectivity index (χ0n) is 15.8. The van der Waals surface area contributed by atoms with E-state index in [1.54, 1.807) is 0 Å². The molecule has 9 nitrogen and oxygen atoms in total. The third-order valence-electron chi connectivity index (χ3n) is 3.74. The molecule has 9 heteroatoms. The molecule has 1 saturated heterocycles. The molecule has 0 radical (unpaired) electrons. The van der Waals surface area contributed by atoms with E-state index in [9.17, 15) is 4.79 Å². The van der Waals surface area contributed by atoms with Gasteiger partial charge in [-0.05, 0) is 38.7 Å². The first kappa shape index (κ1) is 22.2. The predicted octanol–water partition coefficient (Wildman–Crippen LogP) is 0.875. The van der Waals surface area contributed by atoms with E-state index in [1.807, 2.05) is 55.1 Å². The molecular formula is C18H27N3O6. The number of carboxylic acid groups (broad SMARTS) is 2. The second-order valence-electron chi connectivity index (χ2n) is 6.44. The quantitative estimate of drug-likeness (QED) is 0.648. The van der Waals surface area contributed by atoms with Crippen LogP contribution >= 0.6 is 0 Å². The summed E-state index contributed by atoms with van der Waals surface area (Å²) in [7, 11) is 3.99. The number of rotatable bonds is 5. The average molecular weight is 381 g/mol. The number of carbonyl (C=O) groups is 3. The summed E-state index contributed by atoms with van der Waals surface area (Å²) in [6, 6.07) is 8.04. The van der Waals surface area contributed by atoms with E-state index in [0.29, 0.717) is 13.1 Å². The number of urea groups is 1. The summed E-state index contributed by atoms with van der Waals surface area (Å²) < 4.78 is 5.95. The first-order valence-electron chi connectivity index (χ1n) is 8.56. The Bertz CT molecular complexity index is 638. The van der Waals surface area contributed by atoms with Crippen LogP contribution in [0.5, 0.6) is 5.75 Å². The predicted molar refractivity (Wildman–Crippen MR) is 99.0 cm³/mol. The number of benzene rings is 1. The van der Waals surface area contributed by atoms with E-state index in [1.165, 1.54) is 5.56 Å². The molecule has 27 heavy (non-hydrogen) atoms. The summed E-state index contributed by atoms with van der Waals surface area (Å²) in [4.78, 5) is 34.1. The number of amides is 2. The van der Waals surface area contributed by atoms with Crippen LogP contribution in [0.1, 0.15) is 12.0 Å². The molecule has 2 amide bonds. The summed E-state index contributed by atoms with van der Waals surface area (Å²) >= 11 is 0. The smallest absolute Gasteiger partial charge is 0.414 e. The van der Waals surface area contributed by atoms with Gasteiger partial charge < -0.3 is 30.1 Å². The average Bonchev–Trinajstić information content (AvgIpc) is 3.03. The molecule has 0 saturated carbocycles. The van der Waals surface area contributed by atoms with Gasteiger partial charge in [0.25, 0.3) is 0 Å². The standard InChI is InChI=1S/C16H25N3O2.C2H2O4/c1-13-5-4-6-14(11-13)21-15-7-9-19(12-15)16(20)17-8-10-18(2)3;3-1(4)2(5)6/h4-6,11,15H,7-10,12H2,1-3H3,(H,17,20);(H,3,4)(H,5,6). The Morgan fingerprint density at radius 3 is 2.48 bits per heavy atom. The monoisotopic (exact) mass is 381 g/mol. The maximum Gasteiger partial charge on any atom is 0.414 e. The van der Waals surface area contributed by atoms with Gasteiger partial charge >= 0.3 is 18.0 Å². The fraction of sp³-hybridized carbons (Fsp3) is 0.500. The molecule has 0 aliphatic carbocycles. The van der Waals surface area contributed by atoms with Crippen molar-refractivity contribution in [2.45, 2.75) is 19.4 Å². The van der Waals surface area contributed by atoms with Gasteiger partial charge in [-0.3, -0.25) is 0 Å². The largest absolute Gasteiger partial charge is 0.489 e. The van der Waals surface area contributed by atoms with Crippen molar-refractivity contribution < 1.29 is 29.3 Å². The number of nitrogens with one attached hydrogen (secondary N) is 1. The van der Waals surface area contributed by atoms with E-state index in [4.69, 9.17) is 24.5 Å². The van der Waals surface area contributed by atoms with Crippen molar-refractivity contribution in [3.8, 4) is 5.75 Å². The number of carboxylic acids is 2. The summed E-state index contributed by atoms with van der Waals surface area (Å²) in [5, 5.41) is 17.7. The van der Waals surface area contributed by atoms with E-state index < -0.39 is 11.9 Å². The van der Waals surface area contributed by atoms with E-state index >= 15 is 0 Å². The van der Waals surface area contributed by atoms with Gasteiger partial charge in [0.05, 0.1) is 6.54 Å². The Kier molecular flexibility index (Phi) is 9.07. The van der Waals surface area contributed by atoms with Crippen molar-refractivity contribution in [2.75, 3.05) is 40.3 Å². The van der Waals surface area contributed by atoms with Gasteiger partial charge in [0.1, 0.15) is 11.9 Å². The lowest BCUT2D eigenvalue weighted by atomic mass is 10.2. The van der Waals surface area contributed by atoms with Gasteiger partial charge in [-0.25, -0.2) is 14.4 Å². The highest BCUT2D eigenvalue weighted by atomic mass is 16.5. The van der Waals surface area contributed by atoms with Crippen molar-refractivity contribution in [1.82, 2.24) is 15.1 Å². The van der Waals surface area contributed by atoms with Crippen LogP contribution in [0.4, 0.5) is 4.79 Å². The van der Waals surface area contributed by atoms with Gasteiger partial charge in [-0.2, -0.15) is 0 Å². The fourth-order valence-electron chi connectivity index (χ4n) is 2.39. The SMILES string of the molecule is Cc1cccc(OC2CCN(C(=O)NCCN(C)C)C2)c1.O=C(O)C(=O)O. The Labute approximate surface area is 158 Å². The van der Waals surface area contributed by atoms with Crippen molar-refractivity contribution in [1.29, 1.82) is 0 Å². The molecule has 1 atom stereocenters. The second-order valence-corrected chi connectivity index (χ2v) is 6.44. The lowest BCUT2D eigenvalue weighted by Crippen LogP contribution is -2.41. The number of nitrogens with zero attached hydrogens (tertiary/aromatic N) is 2. The highest BCUT2D eigenvalue weighted by Crippen LogP contribution is 2.19. The van der Waals surface area contributed by atoms with Gasteiger partial charge in [0.15, 0.2) is 0 Å². The molecule has 1 fully saturated rings. The fourth-order valence-corrected chi connectivity index (χ4v) is 2.39. The number of aryl methyl sites for hydroxylation is 1. The Hall–Kier alpha value is -2.81. The number of aliphatic carboxylic acids is 2. The van der Waals surface area contributed by atoms with Gasteiger partial charge in [0.2, 0.25) is 0 Å². The van der Waals surface area contributed by atoms with Crippen LogP contribution in [0, 0.1) is 6.92 Å². The summed E-state index contributed by atoms with van der Waals surface area (Å²) in [5.41, 5.74) is 1.18. The Morgan fingerprint density at radius 1 is 1.26 bits per heavy atom. The minimum atomic E-state index is -1.82. The van der Waals surface area contributed by atoms with Gasteiger partial charge in [0, 0.05) is 26.1 Å². The van der Waals surface area contributed by atoms with Crippen LogP contribution in [0.3, 0.4) is 0 Å². The van der Waals surface area contributed by atoms with Crippen LogP contribution in [-0.2, 0) is 9.59 Å². The lowest BCUT2D eigenvalue weighted by Gasteiger charge is -2.19. The molecule has 1 aromatic carbocycles. The first-order chi connectivity index (χ1) is 12.7. The van der Waals surface area contributed by atoms with E-state index in [-0.39, 0.29) is 12.1 Å². The number of likely N-dealkylation sites (tertiary alicyclic amines) is 1. The minimum absolute atomic E-state index is 0.00666. The van der Waals surface area contributed by atoms with Gasteiger partial charge in [-0.1, -0.05) is 12.1 Å². The number of ether oxygens (including phenoxy) is 1. The molecule has 2 rings (SSSR count). The maximum atomic E-state index is 12.0. The van der Waals surface area contributed by atoms with Crippen molar-refractivity contribution in [3.63, 3.8) is 0 Å². The molecular weight excluding hydrogens is 354 g/mol. The molecule has 1 unspecified atom stereocenters. The molecule has 1 aromatic rings. The highest BCUT2D eigenvalue weighted by molar-refractivity contribution is 6.27. The highest BCUT2D eigenvalue weighted by Gasteiger charge is 2.27. The van der Waals surface area contributed by atoms with Crippen LogP contribution in [0.2, 0.25) is 0 Å². The maximum absolute atomic E-state index is 12.0. The van der Waals surface area contributed by atoms with Crippen LogP contribution in [0.15, 0.2) is 24.3 Å². The second kappa shape index (κ2) is 11.0. The van der Waals surface area contributed by atoms with Crippen molar-refractivity contribution in [3.05, 3.63) is 29.8 Å². The Balaban J connectivity index is 0.000000527. The zero-order valence-corrected chi connectivity index (χ0v) is 15.8. The van der Waals surface area contributed by atoms with Crippen molar-refractivity contribution >= 4 is 18.0 Å². The number of carbonyl (C=O) groups excluding carboxylic acids is 1. The van der Waals surface area contributed by atoms with Crippen LogP contribution in [0.25, 0.3) is 0 Å². The van der Waals surface area contributed by atoms with Crippen LogP contribution < -0.4 is 10.1 Å². The third kappa shape index (κ3) is 8.91. The normalized spacial score (nSPS) is 15.7. The lowest BCUT2D eigenvalue weighted by molar-refractivity contribution is -0.159. The molecule has 3 N–H and O–H groups in total. The molecule has 150 valence electrons. The third-order valence-corrected chi connectivity index (χ3v) is 3.74. The van der Waals surface area contributed by atoms with E-state index in [2.05, 4.69) is 5.32 Å². The van der Waals surface area contributed by atoms with Crippen molar-refractivity contribution in [2.24, 2.45) is 0 Å². The molecule has 1 aliphatic rings. The molecule has 0 aromatic heterocycles. The molecule has 1 aliphatic heterocycles. The first-order valence-corrected chi connectivity index (χ1v) is 8.56. The van der Waals surface area contributed by atoms with Gasteiger partial charge in [-0.15, -0.1) is 0 Å². The minimum Gasteiger partial charge on any atom is -0.489 e. The number of likely N-dealkylation sites (N-methyl/N-ethyl adjacent to an activating group) is 1. The molecule has 0 bridgehead atoms.